The van der Waals surface area contributed by atoms with E-state index in [1.165, 1.54) is 0 Å². The second-order valence-corrected chi connectivity index (χ2v) is 9.07. The molecule has 16 heavy (non-hydrogen) atoms. The fourth-order valence-electron chi connectivity index (χ4n) is 1.13. The van der Waals surface area contributed by atoms with Crippen molar-refractivity contribution in [2.75, 3.05) is 0 Å². The monoisotopic (exact) mass is 348 g/mol. The summed E-state index contributed by atoms with van der Waals surface area (Å²) in [4.78, 5) is 11.7. The van der Waals surface area contributed by atoms with Gasteiger partial charge in [0.25, 0.3) is 0 Å². The molecule has 0 aromatic heterocycles. The molecule has 0 aliphatic heterocycles. The molecule has 0 amide bonds. The van der Waals surface area contributed by atoms with Gasteiger partial charge in [-0.2, -0.15) is 0 Å². The molecule has 0 heterocycles. The summed E-state index contributed by atoms with van der Waals surface area (Å²) in [5.41, 5.74) is 1.26. The molecule has 5 heteroatoms. The van der Waals surface area contributed by atoms with Gasteiger partial charge >= 0.3 is 108 Å². The molecule has 0 aliphatic carbocycles. The standard InChI is InChI=1S/C11H12O2.2ClH.Ru/c1-8(2)13-11(12)10-7-5-4-6-9(10)3;;;/h3-8H,1-2H3;2*1H;/q;;;+2/p-2. The Morgan fingerprint density at radius 3 is 2.56 bits per heavy atom. The fourth-order valence-corrected chi connectivity index (χ4v) is 2.96. The second kappa shape index (κ2) is 6.49. The Hall–Kier alpha value is -0.237. The molecule has 0 N–H and O–H groups in total. The van der Waals surface area contributed by atoms with Crippen LogP contribution < -0.4 is 0 Å². The first-order valence-electron chi connectivity index (χ1n) is 4.64. The van der Waals surface area contributed by atoms with Crippen LogP contribution in [0.25, 0.3) is 0 Å². The Morgan fingerprint density at radius 1 is 1.38 bits per heavy atom. The first kappa shape index (κ1) is 13.8. The first-order chi connectivity index (χ1) is 7.50. The van der Waals surface area contributed by atoms with Gasteiger partial charge in [-0.1, -0.05) is 0 Å². The van der Waals surface area contributed by atoms with Gasteiger partial charge in [-0.15, -0.1) is 0 Å². The number of esters is 1. The van der Waals surface area contributed by atoms with E-state index in [0.29, 0.717) is 5.56 Å². The predicted molar refractivity (Wildman–Crippen MR) is 63.9 cm³/mol. The van der Waals surface area contributed by atoms with E-state index in [9.17, 15) is 4.79 Å². The molecule has 0 aliphatic rings. The van der Waals surface area contributed by atoms with Crippen LogP contribution in [0.1, 0.15) is 29.8 Å². The van der Waals surface area contributed by atoms with E-state index >= 15 is 0 Å². The van der Waals surface area contributed by atoms with E-state index in [1.807, 2.05) is 26.0 Å². The average molecular weight is 348 g/mol. The Bertz CT molecular complexity index is 412. The van der Waals surface area contributed by atoms with Crippen molar-refractivity contribution in [2.45, 2.75) is 20.0 Å². The van der Waals surface area contributed by atoms with Crippen molar-refractivity contribution in [1.29, 1.82) is 0 Å². The van der Waals surface area contributed by atoms with Crippen molar-refractivity contribution in [2.24, 2.45) is 0 Å². The number of halogens is 2. The van der Waals surface area contributed by atoms with Crippen LogP contribution in [-0.2, 0) is 18.3 Å². The molecule has 0 unspecified atom stereocenters. The van der Waals surface area contributed by atoms with Gasteiger partial charge in [0.05, 0.1) is 0 Å². The van der Waals surface area contributed by atoms with Crippen LogP contribution >= 0.6 is 19.4 Å². The van der Waals surface area contributed by atoms with Gasteiger partial charge in [0.1, 0.15) is 0 Å². The molecule has 0 spiro atoms. The van der Waals surface area contributed by atoms with Gasteiger partial charge in [0.2, 0.25) is 0 Å². The van der Waals surface area contributed by atoms with E-state index in [4.69, 9.17) is 24.1 Å². The summed E-state index contributed by atoms with van der Waals surface area (Å²) in [5.74, 6) is -0.342. The number of hydrogen-bond acceptors (Lipinski definition) is 2. The van der Waals surface area contributed by atoms with Crippen molar-refractivity contribution < 1.29 is 23.0 Å². The topological polar surface area (TPSA) is 26.3 Å². The molecule has 1 aromatic carbocycles. The molecule has 0 saturated heterocycles. The van der Waals surface area contributed by atoms with E-state index in [-0.39, 0.29) is 12.1 Å². The van der Waals surface area contributed by atoms with Gasteiger partial charge in [-0.05, 0) is 0 Å². The molecule has 0 fully saturated rings. The Morgan fingerprint density at radius 2 is 2.00 bits per heavy atom. The quantitative estimate of drug-likeness (QED) is 0.619. The number of rotatable bonds is 3. The molecule has 2 nitrogen and oxygen atoms in total. The number of hydrogen-bond donors (Lipinski definition) is 0. The average Bonchev–Trinajstić information content (AvgIpc) is 2.16. The van der Waals surface area contributed by atoms with Crippen molar-refractivity contribution in [3.05, 3.63) is 35.4 Å². The zero-order valence-corrected chi connectivity index (χ0v) is 12.1. The molecule has 0 bridgehead atoms. The summed E-state index contributed by atoms with van der Waals surface area (Å²) in [6.07, 6.45) is -0.138. The molecular formula is C11H12Cl2O2Ru. The maximum absolute atomic E-state index is 11.7. The summed E-state index contributed by atoms with van der Waals surface area (Å²) in [7, 11) is 11.6. The van der Waals surface area contributed by atoms with Crippen LogP contribution in [0.2, 0.25) is 0 Å². The maximum atomic E-state index is 11.7. The predicted octanol–water partition coefficient (Wildman–Crippen LogP) is 3.33. The van der Waals surface area contributed by atoms with Crippen LogP contribution in [0, 0.1) is 0 Å². The van der Waals surface area contributed by atoms with E-state index in [0.717, 1.165) is 5.56 Å². The van der Waals surface area contributed by atoms with Crippen LogP contribution in [0.3, 0.4) is 0 Å². The fraction of sp³-hybridized carbons (Fsp3) is 0.273. The van der Waals surface area contributed by atoms with Gasteiger partial charge < -0.3 is 0 Å². The Balaban J connectivity index is 3.04. The molecule has 1 aromatic rings. The normalized spacial score (nSPS) is 11.2. The third kappa shape index (κ3) is 4.33. The van der Waals surface area contributed by atoms with Crippen LogP contribution in [0.4, 0.5) is 0 Å². The molecule has 90 valence electrons. The van der Waals surface area contributed by atoms with E-state index in [1.54, 1.807) is 16.7 Å². The SMILES string of the molecule is CC(C)OC(=O)c1ccccc1[CH]=[Ru]([Cl])[Cl]. The number of benzene rings is 1. The molecule has 0 saturated carbocycles. The number of carbonyl (C=O) groups is 1. The number of ether oxygens (including phenoxy) is 1. The molecule has 0 radical (unpaired) electrons. The molecule has 1 rings (SSSR count). The van der Waals surface area contributed by atoms with Gasteiger partial charge in [0.15, 0.2) is 0 Å². The zero-order chi connectivity index (χ0) is 12.1. The molecular weight excluding hydrogens is 336 g/mol. The van der Waals surface area contributed by atoms with Crippen molar-refractivity contribution in [3.8, 4) is 0 Å². The van der Waals surface area contributed by atoms with E-state index < -0.39 is 13.5 Å². The second-order valence-electron chi connectivity index (χ2n) is 3.35. The van der Waals surface area contributed by atoms with Gasteiger partial charge in [-0.3, -0.25) is 0 Å². The number of carbonyl (C=O) groups excluding carboxylic acids is 1. The summed E-state index contributed by atoms with van der Waals surface area (Å²) < 4.78 is 6.87. The minimum absolute atomic E-state index is 0.138. The van der Waals surface area contributed by atoms with Crippen LogP contribution in [0.15, 0.2) is 24.3 Å². The van der Waals surface area contributed by atoms with Crippen molar-refractivity contribution in [3.63, 3.8) is 0 Å². The van der Waals surface area contributed by atoms with Crippen molar-refractivity contribution >= 4 is 30.0 Å². The molecule has 0 atom stereocenters. The van der Waals surface area contributed by atoms with Crippen LogP contribution in [0.5, 0.6) is 0 Å². The third-order valence-electron chi connectivity index (χ3n) is 1.71. The van der Waals surface area contributed by atoms with E-state index in [2.05, 4.69) is 0 Å². The minimum atomic E-state index is -1.93. The summed E-state index contributed by atoms with van der Waals surface area (Å²) >= 11 is -1.93. The van der Waals surface area contributed by atoms with Crippen LogP contribution in [-0.4, -0.2) is 16.7 Å². The zero-order valence-electron chi connectivity index (χ0n) is 8.89. The first-order valence-corrected chi connectivity index (χ1v) is 10.1. The third-order valence-corrected chi connectivity index (χ3v) is 3.54. The Kier molecular flexibility index (Phi) is 5.61. The summed E-state index contributed by atoms with van der Waals surface area (Å²) in [5, 5.41) is 0. The Labute approximate surface area is 108 Å². The van der Waals surface area contributed by atoms with Gasteiger partial charge in [0, 0.05) is 0 Å². The van der Waals surface area contributed by atoms with Gasteiger partial charge in [-0.25, -0.2) is 0 Å². The summed E-state index contributed by atoms with van der Waals surface area (Å²) in [6, 6.07) is 7.14. The van der Waals surface area contributed by atoms with Crippen molar-refractivity contribution in [1.82, 2.24) is 0 Å². The summed E-state index contributed by atoms with van der Waals surface area (Å²) in [6.45, 7) is 3.62.